The second kappa shape index (κ2) is 14.4. The van der Waals surface area contributed by atoms with Gasteiger partial charge in [-0.3, -0.25) is 0 Å². The van der Waals surface area contributed by atoms with Gasteiger partial charge in [-0.05, 0) is 131 Å². The van der Waals surface area contributed by atoms with Crippen molar-refractivity contribution in [2.75, 3.05) is 9.80 Å². The number of nitrogens with zero attached hydrogens (tertiary/aromatic N) is 2. The number of fused-ring (bicyclic) bond motifs is 6. The molecule has 0 bridgehead atoms. The van der Waals surface area contributed by atoms with E-state index in [1.807, 2.05) is 0 Å². The molecule has 0 spiro atoms. The Bertz CT molecular complexity index is 3800. The van der Waals surface area contributed by atoms with Crippen molar-refractivity contribution in [1.29, 1.82) is 0 Å². The van der Waals surface area contributed by atoms with Crippen LogP contribution in [0.1, 0.15) is 74.8 Å². The first-order chi connectivity index (χ1) is 32.2. The maximum atomic E-state index is 6.95. The fourth-order valence-electron chi connectivity index (χ4n) is 11.8. The topological polar surface area (TPSA) is 32.8 Å². The van der Waals surface area contributed by atoms with Crippen molar-refractivity contribution in [3.63, 3.8) is 0 Å². The van der Waals surface area contributed by atoms with Crippen molar-refractivity contribution in [1.82, 2.24) is 0 Å². The first-order valence-corrected chi connectivity index (χ1v) is 23.8. The third kappa shape index (κ3) is 5.50. The van der Waals surface area contributed by atoms with Crippen LogP contribution in [0.2, 0.25) is 0 Å². The first kappa shape index (κ1) is 37.1. The predicted octanol–water partition coefficient (Wildman–Crippen LogP) is 16.0. The summed E-state index contributed by atoms with van der Waals surface area (Å²) in [5.41, 5.74) is 13.6. The van der Waals surface area contributed by atoms with Crippen LogP contribution in [0.3, 0.4) is 0 Å². The Morgan fingerprint density at radius 2 is 0.969 bits per heavy atom. The molecule has 3 aliphatic rings. The molecule has 65 heavy (non-hydrogen) atoms. The van der Waals surface area contributed by atoms with Gasteiger partial charge in [0.15, 0.2) is 11.0 Å². The molecular formula is C61H48N2O2. The fraction of sp³-hybridized carbons (Fsp3) is 0.180. The zero-order chi connectivity index (χ0) is 42.8. The van der Waals surface area contributed by atoms with Gasteiger partial charge in [0.1, 0.15) is 11.2 Å². The van der Waals surface area contributed by atoms with Crippen molar-refractivity contribution in [2.24, 2.45) is 5.92 Å². The monoisotopic (exact) mass is 840 g/mol. The molecule has 0 N–H and O–H groups in total. The van der Waals surface area contributed by atoms with Crippen LogP contribution in [0, 0.1) is 5.92 Å². The highest BCUT2D eigenvalue weighted by Gasteiger charge is 2.33. The molecule has 11 aromatic rings. The van der Waals surface area contributed by atoms with Crippen LogP contribution in [0.5, 0.6) is 0 Å². The SMILES string of the molecule is CC1CC=c2c(oc3ccccc23)=C1N(c1ccccc1)c1cc(C2CCC2)c2ccc3c(N(c4ccccc4)c4cccc5c4oc4ccccc45)cc(C4CCC4)c4ccc1c2c43. The fourth-order valence-corrected chi connectivity index (χ4v) is 11.8. The Kier molecular flexibility index (Phi) is 8.20. The van der Waals surface area contributed by atoms with E-state index in [1.165, 1.54) is 110 Å². The number of rotatable bonds is 8. The molecule has 4 nitrogen and oxygen atoms in total. The van der Waals surface area contributed by atoms with E-state index in [1.54, 1.807) is 0 Å². The summed E-state index contributed by atoms with van der Waals surface area (Å²) in [6, 6.07) is 60.6. The first-order valence-electron chi connectivity index (χ1n) is 23.8. The van der Waals surface area contributed by atoms with E-state index in [-0.39, 0.29) is 5.92 Å². The summed E-state index contributed by atoms with van der Waals surface area (Å²) in [5.74, 6) is 1.24. The highest BCUT2D eigenvalue weighted by molar-refractivity contribution is 6.30. The van der Waals surface area contributed by atoms with E-state index in [9.17, 15) is 0 Å². The number of hydrogen-bond acceptors (Lipinski definition) is 4. The molecule has 3 aliphatic carbocycles. The summed E-state index contributed by atoms with van der Waals surface area (Å²) >= 11 is 0. The van der Waals surface area contributed by atoms with Crippen molar-refractivity contribution >= 4 is 105 Å². The van der Waals surface area contributed by atoms with Gasteiger partial charge in [0.05, 0.1) is 22.8 Å². The lowest BCUT2D eigenvalue weighted by atomic mass is 9.74. The normalized spacial score (nSPS) is 16.7. The Morgan fingerprint density at radius 1 is 0.446 bits per heavy atom. The van der Waals surface area contributed by atoms with Gasteiger partial charge in [-0.2, -0.15) is 0 Å². The number of benzene rings is 9. The lowest BCUT2D eigenvalue weighted by Gasteiger charge is -2.36. The molecule has 0 saturated heterocycles. The molecule has 2 aromatic heterocycles. The van der Waals surface area contributed by atoms with E-state index in [0.717, 1.165) is 56.4 Å². The van der Waals surface area contributed by atoms with Gasteiger partial charge in [0.25, 0.3) is 0 Å². The molecule has 1 atom stereocenters. The predicted molar refractivity (Wildman–Crippen MR) is 271 cm³/mol. The molecule has 0 aliphatic heterocycles. The Hall–Kier alpha value is -7.30. The third-order valence-electron chi connectivity index (χ3n) is 15.4. The number of para-hydroxylation sites is 5. The molecule has 1 unspecified atom stereocenters. The summed E-state index contributed by atoms with van der Waals surface area (Å²) in [5, 5.41) is 12.7. The van der Waals surface area contributed by atoms with Gasteiger partial charge in [-0.15, -0.1) is 0 Å². The summed E-state index contributed by atoms with van der Waals surface area (Å²) in [6.45, 7) is 2.37. The molecule has 14 rings (SSSR count). The molecule has 0 amide bonds. The molecule has 2 saturated carbocycles. The lowest BCUT2D eigenvalue weighted by Crippen LogP contribution is -2.36. The van der Waals surface area contributed by atoms with Crippen LogP contribution >= 0.6 is 0 Å². The smallest absolute Gasteiger partial charge is 0.159 e. The summed E-state index contributed by atoms with van der Waals surface area (Å²) in [7, 11) is 0. The highest BCUT2D eigenvalue weighted by Crippen LogP contribution is 2.54. The van der Waals surface area contributed by atoms with E-state index in [4.69, 9.17) is 8.83 Å². The minimum absolute atomic E-state index is 0.228. The largest absolute Gasteiger partial charge is 0.454 e. The van der Waals surface area contributed by atoms with Gasteiger partial charge in [-0.1, -0.05) is 135 Å². The Morgan fingerprint density at radius 3 is 1.58 bits per heavy atom. The zero-order valence-corrected chi connectivity index (χ0v) is 36.6. The number of hydrogen-bond donors (Lipinski definition) is 0. The summed E-state index contributed by atoms with van der Waals surface area (Å²) in [4.78, 5) is 5.07. The summed E-state index contributed by atoms with van der Waals surface area (Å²) < 4.78 is 13.8. The van der Waals surface area contributed by atoms with Gasteiger partial charge < -0.3 is 18.6 Å². The van der Waals surface area contributed by atoms with E-state index >= 15 is 0 Å². The average molecular weight is 841 g/mol. The highest BCUT2D eigenvalue weighted by atomic mass is 16.3. The molecule has 314 valence electrons. The van der Waals surface area contributed by atoms with E-state index < -0.39 is 0 Å². The molecule has 9 aromatic carbocycles. The minimum atomic E-state index is 0.228. The van der Waals surface area contributed by atoms with Crippen molar-refractivity contribution in [3.8, 4) is 0 Å². The van der Waals surface area contributed by atoms with Gasteiger partial charge >= 0.3 is 0 Å². The van der Waals surface area contributed by atoms with Crippen molar-refractivity contribution in [2.45, 2.75) is 63.7 Å². The van der Waals surface area contributed by atoms with Gasteiger partial charge in [0.2, 0.25) is 0 Å². The van der Waals surface area contributed by atoms with Crippen LogP contribution in [-0.4, -0.2) is 0 Å². The zero-order valence-electron chi connectivity index (χ0n) is 36.6. The summed E-state index contributed by atoms with van der Waals surface area (Å²) in [6.07, 6.45) is 10.7. The standard InChI is InChI=1S/C61H48N2O2/c1-37-29-30-47-43-24-9-11-28-56(43)65-61(47)59(37)63(41-21-6-3-7-22-41)54-36-51(39-17-13-18-39)45-31-33-48-53(35-50(38-15-12-16-38)44-32-34-49(54)58(45)57(44)48)62(40-19-4-2-5-20-40)52-26-14-25-46-42-23-8-10-27-55(42)64-60(46)52/h2-11,14,19-28,30-39H,12-13,15-18,29H2,1H3. The molecule has 4 heteroatoms. The second-order valence-electron chi connectivity index (χ2n) is 19.0. The van der Waals surface area contributed by atoms with Crippen molar-refractivity contribution < 1.29 is 8.83 Å². The average Bonchev–Trinajstić information content (AvgIpc) is 3.89. The maximum absolute atomic E-state index is 6.95. The Labute approximate surface area is 377 Å². The van der Waals surface area contributed by atoms with Gasteiger partial charge in [-0.25, -0.2) is 0 Å². The van der Waals surface area contributed by atoms with Crippen LogP contribution in [0.15, 0.2) is 173 Å². The molecule has 2 heterocycles. The molecular weight excluding hydrogens is 793 g/mol. The lowest BCUT2D eigenvalue weighted by molar-refractivity contribution is 0.422. The maximum Gasteiger partial charge on any atom is 0.159 e. The second-order valence-corrected chi connectivity index (χ2v) is 19.0. The third-order valence-corrected chi connectivity index (χ3v) is 15.4. The van der Waals surface area contributed by atoms with Crippen molar-refractivity contribution in [3.05, 3.63) is 186 Å². The quantitative estimate of drug-likeness (QED) is 0.143. The van der Waals surface area contributed by atoms with E-state index in [0.29, 0.717) is 11.8 Å². The van der Waals surface area contributed by atoms with Crippen LogP contribution < -0.4 is 20.4 Å². The minimum Gasteiger partial charge on any atom is -0.454 e. The van der Waals surface area contributed by atoms with E-state index in [2.05, 4.69) is 187 Å². The Balaban J connectivity index is 1.12. The number of furan rings is 2. The van der Waals surface area contributed by atoms with Crippen LogP contribution in [0.4, 0.5) is 28.4 Å². The van der Waals surface area contributed by atoms with Crippen LogP contribution in [-0.2, 0) is 0 Å². The molecule has 2 fully saturated rings. The molecule has 0 radical (unpaired) electrons. The van der Waals surface area contributed by atoms with Crippen LogP contribution in [0.25, 0.3) is 77.0 Å². The number of anilines is 5. The van der Waals surface area contributed by atoms with Gasteiger partial charge in [0, 0.05) is 49.4 Å².